The Labute approximate surface area is 220 Å². The summed E-state index contributed by atoms with van der Waals surface area (Å²) in [6.07, 6.45) is 0.394. The molecule has 2 N–H and O–H groups in total. The number of nitrogens with zero attached hydrogens (tertiary/aromatic N) is 2. The molecule has 0 aliphatic carbocycles. The fourth-order valence-corrected chi connectivity index (χ4v) is 5.61. The number of carbonyl (C=O) groups is 3. The second kappa shape index (κ2) is 9.46. The number of benzene rings is 3. The van der Waals surface area contributed by atoms with Gasteiger partial charge in [-0.2, -0.15) is 0 Å². The van der Waals surface area contributed by atoms with E-state index in [2.05, 4.69) is 10.3 Å². The molecular weight excluding hydrogens is 480 g/mol. The van der Waals surface area contributed by atoms with Crippen LogP contribution in [0.25, 0.3) is 10.9 Å². The van der Waals surface area contributed by atoms with Crippen LogP contribution in [0.1, 0.15) is 38.8 Å². The van der Waals surface area contributed by atoms with E-state index in [4.69, 9.17) is 4.74 Å². The maximum atomic E-state index is 14.1. The Hall–Kier alpha value is -4.43. The highest BCUT2D eigenvalue weighted by Gasteiger charge is 2.53. The minimum atomic E-state index is -0.690. The van der Waals surface area contributed by atoms with Crippen molar-refractivity contribution >= 4 is 34.4 Å². The number of carbonyl (C=O) groups excluding carboxylic acids is 3. The standard InChI is InChI=1S/C30H28N4O4/c1-18-11-13-19(14-12-18)27-26-22(20-7-3-5-9-23(20)32-26)17-25-29(36)34(30(37)33(25)27)24-10-6-4-8-21(24)28(35)31-15-16-38-2/h3-14,25,27,32H,15-17H2,1-2H3,(H,31,35). The SMILES string of the molecule is COCCNC(=O)c1ccccc1N1C(=O)C2Cc3c([nH]c4ccccc34)C(c3ccc(C)cc3)N2C1=O. The number of hydrogen-bond donors (Lipinski definition) is 2. The molecule has 192 valence electrons. The van der Waals surface area contributed by atoms with Crippen LogP contribution in [0, 0.1) is 6.92 Å². The van der Waals surface area contributed by atoms with Crippen molar-refractivity contribution in [2.24, 2.45) is 0 Å². The minimum Gasteiger partial charge on any atom is -0.383 e. The molecule has 0 radical (unpaired) electrons. The average Bonchev–Trinajstić information content (AvgIpc) is 3.42. The van der Waals surface area contributed by atoms with Crippen LogP contribution in [0.3, 0.4) is 0 Å². The number of H-pyrrole nitrogens is 1. The van der Waals surface area contributed by atoms with Crippen molar-refractivity contribution in [3.8, 4) is 0 Å². The highest BCUT2D eigenvalue weighted by Crippen LogP contribution is 2.45. The van der Waals surface area contributed by atoms with E-state index in [0.29, 0.717) is 19.6 Å². The number of amides is 4. The molecule has 4 amide bonds. The molecular formula is C30H28N4O4. The highest BCUT2D eigenvalue weighted by atomic mass is 16.5. The van der Waals surface area contributed by atoms with Crippen molar-refractivity contribution in [3.63, 3.8) is 0 Å². The number of rotatable bonds is 6. The lowest BCUT2D eigenvalue weighted by Crippen LogP contribution is -2.44. The molecule has 2 atom stereocenters. The van der Waals surface area contributed by atoms with Gasteiger partial charge >= 0.3 is 6.03 Å². The van der Waals surface area contributed by atoms with Crippen molar-refractivity contribution in [1.29, 1.82) is 0 Å². The number of para-hydroxylation sites is 2. The number of urea groups is 1. The van der Waals surface area contributed by atoms with Gasteiger partial charge in [0.1, 0.15) is 12.1 Å². The summed E-state index contributed by atoms with van der Waals surface area (Å²) in [7, 11) is 1.56. The summed E-state index contributed by atoms with van der Waals surface area (Å²) in [5, 5.41) is 3.85. The topological polar surface area (TPSA) is 94.7 Å². The Bertz CT molecular complexity index is 1560. The van der Waals surface area contributed by atoms with Crippen LogP contribution >= 0.6 is 0 Å². The summed E-state index contributed by atoms with van der Waals surface area (Å²) in [5.74, 6) is -0.699. The van der Waals surface area contributed by atoms with Crippen LogP contribution in [0.4, 0.5) is 10.5 Å². The smallest absolute Gasteiger partial charge is 0.332 e. The van der Waals surface area contributed by atoms with Crippen LogP contribution in [0.5, 0.6) is 0 Å². The first-order valence-corrected chi connectivity index (χ1v) is 12.7. The van der Waals surface area contributed by atoms with Gasteiger partial charge in [0, 0.05) is 36.7 Å². The number of hydrogen-bond acceptors (Lipinski definition) is 4. The van der Waals surface area contributed by atoms with Gasteiger partial charge in [0.2, 0.25) is 0 Å². The monoisotopic (exact) mass is 508 g/mol. The molecule has 3 heterocycles. The van der Waals surface area contributed by atoms with E-state index < -0.39 is 18.1 Å². The normalized spacial score (nSPS) is 18.6. The summed E-state index contributed by atoms with van der Waals surface area (Å²) in [6.45, 7) is 2.69. The first kappa shape index (κ1) is 23.9. The molecule has 2 aliphatic heterocycles. The van der Waals surface area contributed by atoms with E-state index in [1.54, 1.807) is 36.3 Å². The molecule has 0 spiro atoms. The van der Waals surface area contributed by atoms with E-state index in [1.807, 2.05) is 55.5 Å². The summed E-state index contributed by atoms with van der Waals surface area (Å²) in [5.41, 5.74) is 5.51. The molecule has 0 bridgehead atoms. The number of aromatic amines is 1. The molecule has 2 aliphatic rings. The molecule has 1 aromatic heterocycles. The van der Waals surface area contributed by atoms with Crippen LogP contribution in [-0.2, 0) is 16.0 Å². The van der Waals surface area contributed by atoms with E-state index >= 15 is 0 Å². The fraction of sp³-hybridized carbons (Fsp3) is 0.233. The van der Waals surface area contributed by atoms with Gasteiger partial charge in [0.25, 0.3) is 11.8 Å². The predicted octanol–water partition coefficient (Wildman–Crippen LogP) is 4.34. The summed E-state index contributed by atoms with van der Waals surface area (Å²) in [6, 6.07) is 21.2. The van der Waals surface area contributed by atoms with E-state index in [9.17, 15) is 14.4 Å². The molecule has 2 unspecified atom stereocenters. The average molecular weight is 509 g/mol. The maximum absolute atomic E-state index is 14.1. The number of fused-ring (bicyclic) bond motifs is 4. The van der Waals surface area contributed by atoms with Crippen molar-refractivity contribution in [3.05, 3.63) is 101 Å². The van der Waals surface area contributed by atoms with Gasteiger partial charge in [-0.25, -0.2) is 9.69 Å². The summed E-state index contributed by atoms with van der Waals surface area (Å²) < 4.78 is 5.03. The molecule has 8 nitrogen and oxygen atoms in total. The van der Waals surface area contributed by atoms with Gasteiger partial charge in [0.05, 0.1) is 17.9 Å². The van der Waals surface area contributed by atoms with Crippen molar-refractivity contribution in [2.75, 3.05) is 25.2 Å². The molecule has 38 heavy (non-hydrogen) atoms. The van der Waals surface area contributed by atoms with Crippen LogP contribution in [0.15, 0.2) is 72.8 Å². The molecule has 1 saturated heterocycles. The van der Waals surface area contributed by atoms with E-state index in [0.717, 1.165) is 33.3 Å². The quantitative estimate of drug-likeness (QED) is 0.299. The lowest BCUT2D eigenvalue weighted by molar-refractivity contribution is -0.120. The van der Waals surface area contributed by atoms with Gasteiger partial charge in [-0.15, -0.1) is 0 Å². The second-order valence-electron chi connectivity index (χ2n) is 9.73. The first-order chi connectivity index (χ1) is 18.5. The zero-order valence-electron chi connectivity index (χ0n) is 21.2. The van der Waals surface area contributed by atoms with E-state index in [1.165, 1.54) is 4.90 Å². The lowest BCUT2D eigenvalue weighted by atomic mass is 9.88. The van der Waals surface area contributed by atoms with Gasteiger partial charge in [-0.05, 0) is 36.2 Å². The molecule has 8 heteroatoms. The number of ether oxygens (including phenoxy) is 1. The minimum absolute atomic E-state index is 0.265. The highest BCUT2D eigenvalue weighted by molar-refractivity contribution is 6.24. The van der Waals surface area contributed by atoms with Crippen molar-refractivity contribution < 1.29 is 19.1 Å². The Morgan fingerprint density at radius 1 is 1.03 bits per heavy atom. The van der Waals surface area contributed by atoms with Crippen LogP contribution in [-0.4, -0.2) is 54.0 Å². The van der Waals surface area contributed by atoms with Crippen molar-refractivity contribution in [1.82, 2.24) is 15.2 Å². The van der Waals surface area contributed by atoms with Crippen LogP contribution in [0.2, 0.25) is 0 Å². The zero-order valence-corrected chi connectivity index (χ0v) is 21.2. The largest absolute Gasteiger partial charge is 0.383 e. The zero-order chi connectivity index (χ0) is 26.4. The summed E-state index contributed by atoms with van der Waals surface area (Å²) >= 11 is 0. The number of aryl methyl sites for hydroxylation is 1. The van der Waals surface area contributed by atoms with Gasteiger partial charge in [-0.1, -0.05) is 60.2 Å². The Morgan fingerprint density at radius 3 is 2.55 bits per heavy atom. The molecule has 4 aromatic rings. The van der Waals surface area contributed by atoms with Gasteiger partial charge < -0.3 is 15.0 Å². The van der Waals surface area contributed by atoms with Crippen LogP contribution < -0.4 is 10.2 Å². The third-order valence-electron chi connectivity index (χ3n) is 7.42. The Morgan fingerprint density at radius 2 is 1.76 bits per heavy atom. The Kier molecular flexibility index (Phi) is 5.96. The number of nitrogens with one attached hydrogen (secondary N) is 2. The molecule has 1 fully saturated rings. The molecule has 6 rings (SSSR count). The van der Waals surface area contributed by atoms with Gasteiger partial charge in [0.15, 0.2) is 0 Å². The number of anilines is 1. The van der Waals surface area contributed by atoms with E-state index in [-0.39, 0.29) is 23.1 Å². The lowest BCUT2D eigenvalue weighted by Gasteiger charge is -2.36. The number of aromatic nitrogens is 1. The fourth-order valence-electron chi connectivity index (χ4n) is 5.61. The number of methoxy groups -OCH3 is 1. The molecule has 0 saturated carbocycles. The summed E-state index contributed by atoms with van der Waals surface area (Å²) in [4.78, 5) is 47.5. The maximum Gasteiger partial charge on any atom is 0.332 e. The third kappa shape index (κ3) is 3.76. The second-order valence-corrected chi connectivity index (χ2v) is 9.73. The first-order valence-electron chi connectivity index (χ1n) is 12.7. The van der Waals surface area contributed by atoms with Gasteiger partial charge in [-0.3, -0.25) is 14.5 Å². The predicted molar refractivity (Wildman–Crippen MR) is 144 cm³/mol. The molecule has 3 aromatic carbocycles. The number of imide groups is 1. The van der Waals surface area contributed by atoms with Crippen molar-refractivity contribution in [2.45, 2.75) is 25.4 Å². The third-order valence-corrected chi connectivity index (χ3v) is 7.42. The Balaban J connectivity index is 1.45.